The normalized spacial score (nSPS) is 13.2. The van der Waals surface area contributed by atoms with Gasteiger partial charge in [0.05, 0.1) is 11.5 Å². The van der Waals surface area contributed by atoms with Crippen molar-refractivity contribution in [3.63, 3.8) is 0 Å². The van der Waals surface area contributed by atoms with Crippen molar-refractivity contribution in [3.05, 3.63) is 39.9 Å². The van der Waals surface area contributed by atoms with Crippen LogP contribution < -0.4 is 5.32 Å². The summed E-state index contributed by atoms with van der Waals surface area (Å²) < 4.78 is 39.9. The molecule has 8 heteroatoms. The largest absolute Gasteiger partial charge is 0.411 e. The third-order valence-corrected chi connectivity index (χ3v) is 2.54. The molecule has 0 amide bonds. The topological polar surface area (TPSA) is 64.4 Å². The zero-order valence-corrected chi connectivity index (χ0v) is 10.8. The molecule has 1 aromatic rings. The molecule has 0 bridgehead atoms. The minimum Gasteiger partial charge on any atom is -0.371 e. The number of nitro groups is 1. The van der Waals surface area contributed by atoms with Crippen LogP contribution in [0, 0.1) is 10.1 Å². The van der Waals surface area contributed by atoms with Crippen molar-refractivity contribution in [2.45, 2.75) is 19.1 Å². The monoisotopic (exact) mass is 292 g/mol. The molecule has 0 aliphatic rings. The van der Waals surface area contributed by atoms with E-state index in [1.807, 2.05) is 0 Å². The van der Waals surface area contributed by atoms with Crippen molar-refractivity contribution in [3.8, 4) is 0 Å². The zero-order chi connectivity index (χ0) is 15.2. The summed E-state index contributed by atoms with van der Waals surface area (Å²) in [6.45, 7) is 0.626. The lowest BCUT2D eigenvalue weighted by Crippen LogP contribution is -2.26. The van der Waals surface area contributed by atoms with Gasteiger partial charge in [0.15, 0.2) is 0 Å². The number of ether oxygens (including phenoxy) is 1. The van der Waals surface area contributed by atoms with Crippen molar-refractivity contribution >= 4 is 5.69 Å². The third kappa shape index (κ3) is 5.98. The minimum absolute atomic E-state index is 0.0236. The van der Waals surface area contributed by atoms with Crippen molar-refractivity contribution in [1.29, 1.82) is 0 Å². The first-order valence-corrected chi connectivity index (χ1v) is 5.92. The molecule has 0 aromatic heterocycles. The first-order chi connectivity index (χ1) is 9.29. The quantitative estimate of drug-likeness (QED) is 0.477. The highest BCUT2D eigenvalue weighted by Crippen LogP contribution is 2.18. The lowest BCUT2D eigenvalue weighted by Gasteiger charge is -2.14. The van der Waals surface area contributed by atoms with E-state index in [0.717, 1.165) is 0 Å². The van der Waals surface area contributed by atoms with E-state index < -0.39 is 17.7 Å². The number of benzene rings is 1. The Hall–Kier alpha value is -1.67. The Bertz CT molecular complexity index is 452. The number of hydrogen-bond acceptors (Lipinski definition) is 4. The molecule has 0 saturated carbocycles. The SMILES string of the molecule is CC(NCCOCC(F)(F)F)c1cccc([N+](=O)[O-])c1. The Morgan fingerprint density at radius 3 is 2.75 bits per heavy atom. The molecule has 1 unspecified atom stereocenters. The van der Waals surface area contributed by atoms with Crippen LogP contribution in [0.25, 0.3) is 0 Å². The predicted octanol–water partition coefficient (Wildman–Crippen LogP) is 2.82. The van der Waals surface area contributed by atoms with Gasteiger partial charge in [0.2, 0.25) is 0 Å². The first-order valence-electron chi connectivity index (χ1n) is 5.92. The molecule has 20 heavy (non-hydrogen) atoms. The first kappa shape index (κ1) is 16.4. The van der Waals surface area contributed by atoms with Gasteiger partial charge >= 0.3 is 6.18 Å². The maximum Gasteiger partial charge on any atom is 0.411 e. The van der Waals surface area contributed by atoms with Gasteiger partial charge < -0.3 is 10.1 Å². The summed E-state index contributed by atoms with van der Waals surface area (Å²) in [4.78, 5) is 10.1. The van der Waals surface area contributed by atoms with Crippen LogP contribution in [0.1, 0.15) is 18.5 Å². The van der Waals surface area contributed by atoms with Crippen molar-refractivity contribution in [1.82, 2.24) is 5.32 Å². The van der Waals surface area contributed by atoms with Gasteiger partial charge in [0.1, 0.15) is 6.61 Å². The lowest BCUT2D eigenvalue weighted by molar-refractivity contribution is -0.384. The van der Waals surface area contributed by atoms with Gasteiger partial charge in [-0.2, -0.15) is 13.2 Å². The molecule has 0 radical (unpaired) electrons. The number of nitrogens with one attached hydrogen (secondary N) is 1. The van der Waals surface area contributed by atoms with Crippen LogP contribution in [-0.4, -0.2) is 30.9 Å². The average molecular weight is 292 g/mol. The maximum absolute atomic E-state index is 11.8. The molecule has 1 N–H and O–H groups in total. The van der Waals surface area contributed by atoms with E-state index in [0.29, 0.717) is 5.56 Å². The number of alkyl halides is 3. The maximum atomic E-state index is 11.8. The highest BCUT2D eigenvalue weighted by atomic mass is 19.4. The third-order valence-electron chi connectivity index (χ3n) is 2.54. The molecule has 0 fully saturated rings. The zero-order valence-electron chi connectivity index (χ0n) is 10.8. The van der Waals surface area contributed by atoms with Crippen molar-refractivity contribution in [2.24, 2.45) is 0 Å². The predicted molar refractivity (Wildman–Crippen MR) is 66.4 cm³/mol. The van der Waals surface area contributed by atoms with Crippen molar-refractivity contribution in [2.75, 3.05) is 19.8 Å². The van der Waals surface area contributed by atoms with E-state index in [4.69, 9.17) is 0 Å². The summed E-state index contributed by atoms with van der Waals surface area (Å²) in [5.74, 6) is 0. The number of halogens is 3. The second kappa shape index (κ2) is 7.20. The highest BCUT2D eigenvalue weighted by molar-refractivity contribution is 5.35. The Morgan fingerprint density at radius 2 is 2.15 bits per heavy atom. The van der Waals surface area contributed by atoms with Crippen LogP contribution in [0.3, 0.4) is 0 Å². The summed E-state index contributed by atoms with van der Waals surface area (Å²) in [6, 6.07) is 5.86. The van der Waals surface area contributed by atoms with E-state index in [-0.39, 0.29) is 24.9 Å². The van der Waals surface area contributed by atoms with Crippen molar-refractivity contribution < 1.29 is 22.8 Å². The Labute approximate surface area is 113 Å². The molecule has 0 spiro atoms. The number of rotatable bonds is 7. The fraction of sp³-hybridized carbons (Fsp3) is 0.500. The van der Waals surface area contributed by atoms with Gasteiger partial charge in [-0.3, -0.25) is 10.1 Å². The Balaban J connectivity index is 2.37. The van der Waals surface area contributed by atoms with Crippen LogP contribution >= 0.6 is 0 Å². The second-order valence-corrected chi connectivity index (χ2v) is 4.20. The van der Waals surface area contributed by atoms with E-state index in [2.05, 4.69) is 10.1 Å². The van der Waals surface area contributed by atoms with Gasteiger partial charge in [0.25, 0.3) is 5.69 Å². The average Bonchev–Trinajstić information content (AvgIpc) is 2.37. The molecular formula is C12H15F3N2O3. The summed E-state index contributed by atoms with van der Waals surface area (Å²) in [5, 5.41) is 13.6. The van der Waals surface area contributed by atoms with E-state index >= 15 is 0 Å². The number of non-ortho nitro benzene ring substituents is 1. The van der Waals surface area contributed by atoms with E-state index in [1.165, 1.54) is 12.1 Å². The van der Waals surface area contributed by atoms with Gasteiger partial charge in [0, 0.05) is 24.7 Å². The molecule has 1 aromatic carbocycles. The molecule has 5 nitrogen and oxygen atoms in total. The molecular weight excluding hydrogens is 277 g/mol. The molecule has 112 valence electrons. The van der Waals surface area contributed by atoms with E-state index in [1.54, 1.807) is 19.1 Å². The molecule has 0 aliphatic carbocycles. The van der Waals surface area contributed by atoms with Crippen LogP contribution in [-0.2, 0) is 4.74 Å². The summed E-state index contributed by atoms with van der Waals surface area (Å²) in [7, 11) is 0. The minimum atomic E-state index is -4.33. The summed E-state index contributed by atoms with van der Waals surface area (Å²) >= 11 is 0. The highest BCUT2D eigenvalue weighted by Gasteiger charge is 2.27. The molecule has 0 heterocycles. The molecule has 0 aliphatic heterocycles. The number of hydrogen-bond donors (Lipinski definition) is 1. The molecule has 1 rings (SSSR count). The fourth-order valence-corrected chi connectivity index (χ4v) is 1.56. The van der Waals surface area contributed by atoms with E-state index in [9.17, 15) is 23.3 Å². The van der Waals surface area contributed by atoms with Crippen LogP contribution in [0.5, 0.6) is 0 Å². The van der Waals surface area contributed by atoms with Gasteiger partial charge in [-0.25, -0.2) is 0 Å². The fourth-order valence-electron chi connectivity index (χ4n) is 1.56. The molecule has 0 saturated heterocycles. The Kier molecular flexibility index (Phi) is 5.90. The lowest BCUT2D eigenvalue weighted by atomic mass is 10.1. The van der Waals surface area contributed by atoms with Crippen LogP contribution in [0.15, 0.2) is 24.3 Å². The van der Waals surface area contributed by atoms with Gasteiger partial charge in [-0.15, -0.1) is 0 Å². The van der Waals surface area contributed by atoms with Crippen LogP contribution in [0.4, 0.5) is 18.9 Å². The summed E-state index contributed by atoms with van der Waals surface area (Å²) in [6.07, 6.45) is -4.33. The number of nitrogens with zero attached hydrogens (tertiary/aromatic N) is 1. The van der Waals surface area contributed by atoms with Gasteiger partial charge in [-0.1, -0.05) is 12.1 Å². The Morgan fingerprint density at radius 1 is 1.45 bits per heavy atom. The molecule has 1 atom stereocenters. The van der Waals surface area contributed by atoms with Crippen LogP contribution in [0.2, 0.25) is 0 Å². The standard InChI is InChI=1S/C12H15F3N2O3/c1-9(16-5-6-20-8-12(13,14)15)10-3-2-4-11(7-10)17(18)19/h2-4,7,9,16H,5-6,8H2,1H3. The van der Waals surface area contributed by atoms with Gasteiger partial charge in [-0.05, 0) is 12.5 Å². The summed E-state index contributed by atoms with van der Waals surface area (Å²) in [5.41, 5.74) is 0.666. The second-order valence-electron chi connectivity index (χ2n) is 4.20. The smallest absolute Gasteiger partial charge is 0.371 e. The number of nitro benzene ring substituents is 1.